The fourth-order valence-corrected chi connectivity index (χ4v) is 2.05. The Morgan fingerprint density at radius 1 is 1.47 bits per heavy atom. The maximum absolute atomic E-state index is 11.9. The molecule has 2 amide bonds. The SMILES string of the molecule is CCC(CC)CN1N=C(C(C)N(C)C(=O)O)CC1=O. The highest BCUT2D eigenvalue weighted by atomic mass is 16.4. The average Bonchev–Trinajstić information content (AvgIpc) is 2.75. The summed E-state index contributed by atoms with van der Waals surface area (Å²) in [6.45, 7) is 6.57. The molecule has 6 heteroatoms. The first-order chi connectivity index (χ1) is 8.90. The van der Waals surface area contributed by atoms with Crippen LogP contribution in [0.25, 0.3) is 0 Å². The van der Waals surface area contributed by atoms with Crippen LogP contribution in [0.5, 0.6) is 0 Å². The topological polar surface area (TPSA) is 73.2 Å². The second-order valence-corrected chi connectivity index (χ2v) is 5.00. The van der Waals surface area contributed by atoms with Gasteiger partial charge in [0.2, 0.25) is 5.91 Å². The minimum Gasteiger partial charge on any atom is -0.465 e. The van der Waals surface area contributed by atoms with Crippen LogP contribution in [-0.2, 0) is 4.79 Å². The largest absolute Gasteiger partial charge is 0.465 e. The molecule has 0 saturated carbocycles. The van der Waals surface area contributed by atoms with E-state index in [9.17, 15) is 9.59 Å². The predicted octanol–water partition coefficient (Wildman–Crippen LogP) is 2.01. The molecule has 1 aliphatic rings. The van der Waals surface area contributed by atoms with Crippen molar-refractivity contribution in [2.75, 3.05) is 13.6 Å². The number of nitrogens with zero attached hydrogens (tertiary/aromatic N) is 3. The van der Waals surface area contributed by atoms with E-state index in [-0.39, 0.29) is 18.4 Å². The van der Waals surface area contributed by atoms with Crippen LogP contribution in [0.1, 0.15) is 40.0 Å². The van der Waals surface area contributed by atoms with Crippen LogP contribution >= 0.6 is 0 Å². The van der Waals surface area contributed by atoms with Gasteiger partial charge in [-0.3, -0.25) is 4.79 Å². The molecule has 0 aromatic heterocycles. The van der Waals surface area contributed by atoms with Gasteiger partial charge in [-0.05, 0) is 12.8 Å². The molecule has 1 unspecified atom stereocenters. The second-order valence-electron chi connectivity index (χ2n) is 5.00. The van der Waals surface area contributed by atoms with E-state index in [1.54, 1.807) is 6.92 Å². The molecule has 1 heterocycles. The Morgan fingerprint density at radius 3 is 2.53 bits per heavy atom. The molecular weight excluding hydrogens is 246 g/mol. The molecule has 0 saturated heterocycles. The Morgan fingerprint density at radius 2 is 2.05 bits per heavy atom. The van der Waals surface area contributed by atoms with Gasteiger partial charge in [0.1, 0.15) is 0 Å². The van der Waals surface area contributed by atoms with Gasteiger partial charge >= 0.3 is 6.09 Å². The van der Waals surface area contributed by atoms with Gasteiger partial charge in [-0.15, -0.1) is 0 Å². The molecule has 1 N–H and O–H groups in total. The van der Waals surface area contributed by atoms with Gasteiger partial charge in [0.25, 0.3) is 0 Å². The fraction of sp³-hybridized carbons (Fsp3) is 0.769. The summed E-state index contributed by atoms with van der Waals surface area (Å²) in [4.78, 5) is 24.0. The van der Waals surface area contributed by atoms with Crippen molar-refractivity contribution in [2.45, 2.75) is 46.1 Å². The molecule has 0 bridgehead atoms. The molecule has 1 aliphatic heterocycles. The highest BCUT2D eigenvalue weighted by molar-refractivity contribution is 6.07. The molecule has 1 rings (SSSR count). The van der Waals surface area contributed by atoms with E-state index >= 15 is 0 Å². The van der Waals surface area contributed by atoms with Crippen molar-refractivity contribution in [2.24, 2.45) is 11.0 Å². The highest BCUT2D eigenvalue weighted by Crippen LogP contribution is 2.18. The summed E-state index contributed by atoms with van der Waals surface area (Å²) < 4.78 is 0. The molecule has 1 atom stereocenters. The first-order valence-corrected chi connectivity index (χ1v) is 6.74. The molecule has 6 nitrogen and oxygen atoms in total. The van der Waals surface area contributed by atoms with Crippen LogP contribution in [0.3, 0.4) is 0 Å². The van der Waals surface area contributed by atoms with Crippen LogP contribution in [0, 0.1) is 5.92 Å². The van der Waals surface area contributed by atoms with E-state index in [1.165, 1.54) is 17.0 Å². The zero-order valence-corrected chi connectivity index (χ0v) is 12.1. The van der Waals surface area contributed by atoms with E-state index in [0.29, 0.717) is 18.2 Å². The number of amides is 2. The molecule has 0 aromatic carbocycles. The van der Waals surface area contributed by atoms with Crippen molar-refractivity contribution in [3.05, 3.63) is 0 Å². The lowest BCUT2D eigenvalue weighted by Crippen LogP contribution is -2.39. The van der Waals surface area contributed by atoms with E-state index < -0.39 is 6.09 Å². The number of carbonyl (C=O) groups excluding carboxylic acids is 1. The third-order valence-corrected chi connectivity index (χ3v) is 3.82. The maximum atomic E-state index is 11.9. The molecule has 0 aromatic rings. The fourth-order valence-electron chi connectivity index (χ4n) is 2.05. The van der Waals surface area contributed by atoms with Crippen LogP contribution < -0.4 is 0 Å². The Labute approximate surface area is 114 Å². The average molecular weight is 269 g/mol. The smallest absolute Gasteiger partial charge is 0.407 e. The van der Waals surface area contributed by atoms with Gasteiger partial charge in [0, 0.05) is 13.6 Å². The third-order valence-electron chi connectivity index (χ3n) is 3.82. The van der Waals surface area contributed by atoms with Crippen molar-refractivity contribution < 1.29 is 14.7 Å². The van der Waals surface area contributed by atoms with Gasteiger partial charge in [0.05, 0.1) is 18.2 Å². The van der Waals surface area contributed by atoms with Crippen molar-refractivity contribution in [1.29, 1.82) is 0 Å². The Kier molecular flexibility index (Phi) is 5.32. The summed E-state index contributed by atoms with van der Waals surface area (Å²) in [6.07, 6.45) is 1.23. The van der Waals surface area contributed by atoms with E-state index in [0.717, 1.165) is 12.8 Å². The van der Waals surface area contributed by atoms with Crippen LogP contribution in [0.4, 0.5) is 4.79 Å². The zero-order chi connectivity index (χ0) is 14.6. The van der Waals surface area contributed by atoms with E-state index in [4.69, 9.17) is 5.11 Å². The quantitative estimate of drug-likeness (QED) is 0.801. The summed E-state index contributed by atoms with van der Waals surface area (Å²) in [5, 5.41) is 14.7. The minimum atomic E-state index is -1.01. The first kappa shape index (κ1) is 15.5. The summed E-state index contributed by atoms with van der Waals surface area (Å²) in [5.74, 6) is 0.409. The Balaban J connectivity index is 2.72. The summed E-state index contributed by atoms with van der Waals surface area (Å²) in [6, 6.07) is -0.367. The number of carboxylic acid groups (broad SMARTS) is 1. The standard InChI is InChI=1S/C13H23N3O3/c1-5-10(6-2)8-16-12(17)7-11(14-16)9(3)15(4)13(18)19/h9-10H,5-8H2,1-4H3,(H,18,19). The third kappa shape index (κ3) is 3.68. The zero-order valence-electron chi connectivity index (χ0n) is 12.1. The number of hydrogen-bond acceptors (Lipinski definition) is 3. The van der Waals surface area contributed by atoms with E-state index in [1.807, 2.05) is 0 Å². The molecular formula is C13H23N3O3. The van der Waals surface area contributed by atoms with Crippen molar-refractivity contribution in [1.82, 2.24) is 9.91 Å². The van der Waals surface area contributed by atoms with Gasteiger partial charge in [-0.25, -0.2) is 9.80 Å². The summed E-state index contributed by atoms with van der Waals surface area (Å²) in [5.41, 5.74) is 0.626. The molecule has 0 radical (unpaired) electrons. The predicted molar refractivity (Wildman–Crippen MR) is 73.1 cm³/mol. The molecule has 0 fully saturated rings. The molecule has 0 spiro atoms. The summed E-state index contributed by atoms with van der Waals surface area (Å²) in [7, 11) is 1.49. The van der Waals surface area contributed by atoms with Crippen molar-refractivity contribution in [3.63, 3.8) is 0 Å². The monoisotopic (exact) mass is 269 g/mol. The molecule has 0 aliphatic carbocycles. The van der Waals surface area contributed by atoms with Crippen LogP contribution in [0.15, 0.2) is 5.10 Å². The lowest BCUT2D eigenvalue weighted by Gasteiger charge is -2.21. The second kappa shape index (κ2) is 6.54. The van der Waals surface area contributed by atoms with Crippen molar-refractivity contribution >= 4 is 17.7 Å². The Hall–Kier alpha value is -1.59. The highest BCUT2D eigenvalue weighted by Gasteiger charge is 2.31. The van der Waals surface area contributed by atoms with Gasteiger partial charge in [-0.2, -0.15) is 5.10 Å². The van der Waals surface area contributed by atoms with Gasteiger partial charge in [0.15, 0.2) is 0 Å². The van der Waals surface area contributed by atoms with Crippen molar-refractivity contribution in [3.8, 4) is 0 Å². The van der Waals surface area contributed by atoms with Gasteiger partial charge in [-0.1, -0.05) is 26.7 Å². The maximum Gasteiger partial charge on any atom is 0.407 e. The lowest BCUT2D eigenvalue weighted by atomic mass is 10.0. The first-order valence-electron chi connectivity index (χ1n) is 6.74. The number of hydrogen-bond donors (Lipinski definition) is 1. The molecule has 19 heavy (non-hydrogen) atoms. The summed E-state index contributed by atoms with van der Waals surface area (Å²) >= 11 is 0. The number of rotatable bonds is 6. The van der Waals surface area contributed by atoms with Gasteiger partial charge < -0.3 is 10.0 Å². The van der Waals surface area contributed by atoms with Crippen LogP contribution in [0.2, 0.25) is 0 Å². The Bertz CT molecular complexity index is 377. The van der Waals surface area contributed by atoms with E-state index in [2.05, 4.69) is 18.9 Å². The normalized spacial score (nSPS) is 16.8. The molecule has 108 valence electrons. The lowest BCUT2D eigenvalue weighted by molar-refractivity contribution is -0.129. The minimum absolute atomic E-state index is 0.0347. The van der Waals surface area contributed by atoms with Crippen LogP contribution in [-0.4, -0.2) is 52.4 Å². The number of hydrazone groups is 1. The number of carbonyl (C=O) groups is 2.